The maximum Gasteiger partial charge on any atom is 0.222 e. The molecule has 0 spiro atoms. The van der Waals surface area contributed by atoms with Gasteiger partial charge in [-0.15, -0.1) is 0 Å². The van der Waals surface area contributed by atoms with Crippen molar-refractivity contribution in [1.82, 2.24) is 54.3 Å². The van der Waals surface area contributed by atoms with Gasteiger partial charge in [-0.2, -0.15) is 0 Å². The van der Waals surface area contributed by atoms with E-state index < -0.39 is 5.67 Å². The van der Waals surface area contributed by atoms with Crippen LogP contribution in [-0.2, 0) is 4.79 Å². The number of likely N-dealkylation sites (N-methyl/N-ethyl adjacent to an activating group) is 2. The lowest BCUT2D eigenvalue weighted by Gasteiger charge is -2.52. The molecule has 1 amide bonds. The van der Waals surface area contributed by atoms with Gasteiger partial charge in [0.25, 0.3) is 0 Å². The Morgan fingerprint density at radius 1 is 0.442 bits per heavy atom. The van der Waals surface area contributed by atoms with Crippen molar-refractivity contribution in [2.24, 2.45) is 23.7 Å². The quantitative estimate of drug-likeness (QED) is 0.273. The molecular formula is C73H152FN11O. The van der Waals surface area contributed by atoms with Crippen LogP contribution in [0.15, 0.2) is 0 Å². The van der Waals surface area contributed by atoms with Crippen molar-refractivity contribution in [3.63, 3.8) is 0 Å². The molecule has 0 aromatic heterocycles. The molecule has 9 heterocycles. The number of fused-ring (bicyclic) bond motifs is 2. The van der Waals surface area contributed by atoms with Crippen LogP contribution in [0.1, 0.15) is 245 Å². The second-order valence-corrected chi connectivity index (χ2v) is 36.2. The van der Waals surface area contributed by atoms with Crippen LogP contribution in [0.3, 0.4) is 0 Å². The van der Waals surface area contributed by atoms with Gasteiger partial charge in [-0.1, -0.05) is 20.8 Å². The lowest BCUT2D eigenvalue weighted by Crippen LogP contribution is -2.55. The number of piperidine rings is 3. The molecular weight excluding hydrogens is 1070 g/mol. The van der Waals surface area contributed by atoms with Gasteiger partial charge in [0.15, 0.2) is 0 Å². The average Bonchev–Trinajstić information content (AvgIpc) is 2.95. The predicted molar refractivity (Wildman–Crippen MR) is 375 cm³/mol. The Labute approximate surface area is 536 Å². The summed E-state index contributed by atoms with van der Waals surface area (Å²) in [5.74, 6) is 4.25. The van der Waals surface area contributed by atoms with Crippen molar-refractivity contribution in [3.8, 4) is 0 Å². The average molecular weight is 1220 g/mol. The molecule has 1 aliphatic carbocycles. The summed E-state index contributed by atoms with van der Waals surface area (Å²) < 4.78 is 13.3. The first-order valence-electron chi connectivity index (χ1n) is 35.4. The van der Waals surface area contributed by atoms with Crippen LogP contribution >= 0.6 is 0 Å². The van der Waals surface area contributed by atoms with Gasteiger partial charge in [-0.3, -0.25) is 39.1 Å². The van der Waals surface area contributed by atoms with Crippen LogP contribution in [0.4, 0.5) is 4.39 Å². The van der Waals surface area contributed by atoms with Crippen LogP contribution in [-0.4, -0.2) is 256 Å². The Bertz CT molecular complexity index is 1750. The third-order valence-corrected chi connectivity index (χ3v) is 19.8. The standard InChI is InChI=1S/C10H22N2.C10H19N.C9H18FN.C9H20N2.C9H17NO.2C9H19N.C8H18N2/c1-5-11-6-8-12(9-7-11)10(2,3)4;1-10(2,3)11-6-8-4-9(5-8)7-11;1-8(2,3)11-6-5-9(4,10)7-11;1-9(2,3)11-7-5-10(4)6-8-11;1-9(2,3)10-7-5-4-6-8(10)11;2*1-8-5-6-10(7-8)9(2,3)4;1-8(2,3)10-6-4-9-5-7-10/h5-9H2,1-4H3;8-9H,4-7H2,1-3H3;5-7H2,1-4H3;5-8H2,1-4H3;4-7H2,1-3H3;2*8H,5-7H2,1-4H3;9H,4-7H2,1-3H3/t;;;;;2*8-;/m.....10./s1. The van der Waals surface area contributed by atoms with Crippen molar-refractivity contribution < 1.29 is 9.18 Å². The Morgan fingerprint density at radius 2 is 0.814 bits per heavy atom. The molecule has 1 saturated carbocycles. The van der Waals surface area contributed by atoms with Crippen LogP contribution < -0.4 is 5.32 Å². The van der Waals surface area contributed by atoms with Crippen molar-refractivity contribution in [2.45, 2.75) is 295 Å². The van der Waals surface area contributed by atoms with E-state index in [2.05, 4.69) is 243 Å². The molecule has 10 aliphatic rings. The fraction of sp³-hybridized carbons (Fsp3) is 0.986. The van der Waals surface area contributed by atoms with E-state index in [1.807, 2.05) is 4.90 Å². The van der Waals surface area contributed by atoms with Crippen LogP contribution in [0.5, 0.6) is 0 Å². The maximum absolute atomic E-state index is 13.3. The third kappa shape index (κ3) is 31.6. The Kier molecular flexibility index (Phi) is 32.8. The SMILES string of the molecule is CC(C)(C)N1CC2CC(C2)C1.CC(C)(C)N1CCCCC1=O.CC(C)(C)N1CCNCC1.CC1(F)CCN(C(C)(C)C)C1.CCN1CCN(C(C)(C)C)CC1.CN1CCN(C(C)(C)C)CC1.C[C@@H]1CCN(C(C)(C)C)C1.C[C@H]1CCN(C(C)(C)C)C1. The first kappa shape index (κ1) is 81.1. The summed E-state index contributed by atoms with van der Waals surface area (Å²) in [4.78, 5) is 35.9. The fourth-order valence-corrected chi connectivity index (χ4v) is 13.1. The molecule has 0 radical (unpaired) electrons. The molecule has 86 heavy (non-hydrogen) atoms. The molecule has 10 rings (SSSR count). The number of carbonyl (C=O) groups excluding carboxylic acids is 1. The number of hydrogen-bond acceptors (Lipinski definition) is 11. The van der Waals surface area contributed by atoms with Gasteiger partial charge in [0.2, 0.25) is 5.91 Å². The summed E-state index contributed by atoms with van der Waals surface area (Å²) >= 11 is 0. The number of amides is 1. The van der Waals surface area contributed by atoms with Crippen molar-refractivity contribution >= 4 is 5.91 Å². The molecule has 10 fully saturated rings. The zero-order chi connectivity index (χ0) is 66.1. The number of alkyl halides is 1. The highest BCUT2D eigenvalue weighted by molar-refractivity contribution is 5.77. The Morgan fingerprint density at radius 3 is 1.06 bits per heavy atom. The lowest BCUT2D eigenvalue weighted by molar-refractivity contribution is -0.138. The van der Waals surface area contributed by atoms with E-state index in [0.29, 0.717) is 52.1 Å². The molecule has 12 nitrogen and oxygen atoms in total. The minimum atomic E-state index is -0.951. The van der Waals surface area contributed by atoms with Crippen molar-refractivity contribution in [2.75, 3.05) is 151 Å². The fourth-order valence-electron chi connectivity index (χ4n) is 13.1. The Balaban J connectivity index is 0.000000336. The highest BCUT2D eigenvalue weighted by Gasteiger charge is 2.41. The van der Waals surface area contributed by atoms with Gasteiger partial charge in [0, 0.05) is 175 Å². The molecule has 512 valence electrons. The Hall–Kier alpha value is -1.00. The largest absolute Gasteiger partial charge is 0.338 e. The number of likely N-dealkylation sites (tertiary alicyclic amines) is 4. The van der Waals surface area contributed by atoms with Crippen molar-refractivity contribution in [3.05, 3.63) is 0 Å². The summed E-state index contributed by atoms with van der Waals surface area (Å²) in [5.41, 5.74) is 1.49. The normalized spacial score (nSPS) is 27.8. The summed E-state index contributed by atoms with van der Waals surface area (Å²) in [5, 5.41) is 3.35. The molecule has 0 aromatic rings. The highest BCUT2D eigenvalue weighted by atomic mass is 19.1. The molecule has 9 aliphatic heterocycles. The molecule has 2 bridgehead atoms. The van der Waals surface area contributed by atoms with Crippen LogP contribution in [0.25, 0.3) is 0 Å². The van der Waals surface area contributed by atoms with E-state index in [1.165, 1.54) is 143 Å². The summed E-state index contributed by atoms with van der Waals surface area (Å²) in [6, 6.07) is 0. The number of halogens is 1. The van der Waals surface area contributed by atoms with E-state index in [-0.39, 0.29) is 11.1 Å². The highest BCUT2D eigenvalue weighted by Crippen LogP contribution is 2.41. The van der Waals surface area contributed by atoms with Gasteiger partial charge in [-0.05, 0) is 268 Å². The van der Waals surface area contributed by atoms with E-state index in [9.17, 15) is 9.18 Å². The summed E-state index contributed by atoms with van der Waals surface area (Å²) in [6.07, 6.45) is 9.49. The topological polar surface area (TPSA) is 61.5 Å². The van der Waals surface area contributed by atoms with Gasteiger partial charge in [0.05, 0.1) is 0 Å². The number of piperazine rings is 3. The molecule has 1 N–H and O–H groups in total. The minimum Gasteiger partial charge on any atom is -0.338 e. The van der Waals surface area contributed by atoms with E-state index in [0.717, 1.165) is 62.7 Å². The number of carbonyl (C=O) groups is 1. The zero-order valence-electron chi connectivity index (χ0n) is 63.3. The zero-order valence-corrected chi connectivity index (χ0v) is 63.3. The minimum absolute atomic E-state index is 0.0253. The van der Waals surface area contributed by atoms with Crippen LogP contribution in [0.2, 0.25) is 0 Å². The maximum atomic E-state index is 13.3. The van der Waals surface area contributed by atoms with Crippen molar-refractivity contribution in [1.29, 1.82) is 0 Å². The van der Waals surface area contributed by atoms with Crippen LogP contribution in [0, 0.1) is 23.7 Å². The monoisotopic (exact) mass is 1220 g/mol. The molecule has 1 unspecified atom stereocenters. The summed E-state index contributed by atoms with van der Waals surface area (Å²) in [7, 11) is 2.19. The van der Waals surface area contributed by atoms with Gasteiger partial charge in [-0.25, -0.2) is 4.39 Å². The van der Waals surface area contributed by atoms with E-state index in [4.69, 9.17) is 0 Å². The lowest BCUT2D eigenvalue weighted by atomic mass is 9.70. The number of nitrogens with zero attached hydrogens (tertiary/aromatic N) is 10. The number of hydrogen-bond donors (Lipinski definition) is 1. The van der Waals surface area contributed by atoms with Gasteiger partial charge < -0.3 is 20.0 Å². The molecule has 13 heteroatoms. The second kappa shape index (κ2) is 34.8. The number of rotatable bonds is 1. The number of nitrogens with one attached hydrogen (secondary N) is 1. The molecule has 3 atom stereocenters. The van der Waals surface area contributed by atoms with Gasteiger partial charge in [0.1, 0.15) is 5.67 Å². The predicted octanol–water partition coefficient (Wildman–Crippen LogP) is 13.5. The van der Waals surface area contributed by atoms with E-state index in [1.54, 1.807) is 6.92 Å². The first-order valence-corrected chi connectivity index (χ1v) is 35.4. The smallest absolute Gasteiger partial charge is 0.222 e. The van der Waals surface area contributed by atoms with E-state index >= 15 is 0 Å². The first-order chi connectivity index (χ1) is 39.0. The summed E-state index contributed by atoms with van der Waals surface area (Å²) in [6.45, 7) is 88.8. The second-order valence-electron chi connectivity index (χ2n) is 36.2. The third-order valence-electron chi connectivity index (χ3n) is 19.8. The van der Waals surface area contributed by atoms with Gasteiger partial charge >= 0.3 is 0 Å². The molecule has 9 saturated heterocycles. The molecule has 0 aromatic carbocycles.